The van der Waals surface area contributed by atoms with Crippen molar-refractivity contribution < 1.29 is 22.0 Å². The summed E-state index contributed by atoms with van der Waals surface area (Å²) in [7, 11) is 0. The Kier molecular flexibility index (Phi) is 2.78. The van der Waals surface area contributed by atoms with Gasteiger partial charge >= 0.3 is 6.18 Å². The van der Waals surface area contributed by atoms with Gasteiger partial charge in [0.25, 0.3) is 0 Å². The molecule has 0 aliphatic rings. The molecule has 0 radical (unpaired) electrons. The fraction of sp³-hybridized carbons (Fsp3) is 0.333. The van der Waals surface area contributed by atoms with E-state index in [2.05, 4.69) is 0 Å². The number of hydrogen-bond acceptors (Lipinski definition) is 0. The van der Waals surface area contributed by atoms with Gasteiger partial charge in [0.05, 0.1) is 5.56 Å². The molecule has 0 fully saturated rings. The summed E-state index contributed by atoms with van der Waals surface area (Å²) in [5.74, 6) is -1.03. The molecule has 0 saturated carbocycles. The van der Waals surface area contributed by atoms with Crippen molar-refractivity contribution in [3.05, 3.63) is 35.1 Å². The van der Waals surface area contributed by atoms with Crippen LogP contribution < -0.4 is 0 Å². The van der Waals surface area contributed by atoms with Crippen LogP contribution in [0.1, 0.15) is 24.2 Å². The van der Waals surface area contributed by atoms with Crippen LogP contribution in [-0.4, -0.2) is 0 Å². The molecule has 1 unspecified atom stereocenters. The zero-order valence-electron chi connectivity index (χ0n) is 7.20. The maximum Gasteiger partial charge on any atom is 0.416 e. The van der Waals surface area contributed by atoms with E-state index in [0.29, 0.717) is 6.07 Å². The zero-order valence-corrected chi connectivity index (χ0v) is 7.20. The van der Waals surface area contributed by atoms with Crippen LogP contribution in [0.5, 0.6) is 0 Å². The fourth-order valence-electron chi connectivity index (χ4n) is 1.12. The maximum atomic E-state index is 12.7. The standard InChI is InChI=1S/C9H7F5/c1-5(10)7-3-2-6(11)4-8(7)9(12,13)14/h2-5H,1H3. The summed E-state index contributed by atoms with van der Waals surface area (Å²) in [5, 5.41) is 0. The lowest BCUT2D eigenvalue weighted by atomic mass is 10.0. The molecule has 0 nitrogen and oxygen atoms in total. The van der Waals surface area contributed by atoms with E-state index >= 15 is 0 Å². The Morgan fingerprint density at radius 2 is 1.79 bits per heavy atom. The zero-order chi connectivity index (χ0) is 10.9. The minimum Gasteiger partial charge on any atom is -0.243 e. The Morgan fingerprint density at radius 1 is 1.21 bits per heavy atom. The topological polar surface area (TPSA) is 0 Å². The van der Waals surface area contributed by atoms with Crippen molar-refractivity contribution in [2.75, 3.05) is 0 Å². The molecule has 0 amide bonds. The van der Waals surface area contributed by atoms with E-state index in [4.69, 9.17) is 0 Å². The van der Waals surface area contributed by atoms with Crippen LogP contribution in [-0.2, 0) is 6.18 Å². The molecule has 0 bridgehead atoms. The van der Waals surface area contributed by atoms with E-state index in [-0.39, 0.29) is 0 Å². The lowest BCUT2D eigenvalue weighted by molar-refractivity contribution is -0.138. The summed E-state index contributed by atoms with van der Waals surface area (Å²) in [6.07, 6.45) is -6.50. The Labute approximate surface area is 77.4 Å². The summed E-state index contributed by atoms with van der Waals surface area (Å²) >= 11 is 0. The molecule has 0 saturated heterocycles. The van der Waals surface area contributed by atoms with E-state index in [0.717, 1.165) is 19.1 Å². The monoisotopic (exact) mass is 210 g/mol. The van der Waals surface area contributed by atoms with Crippen molar-refractivity contribution in [3.63, 3.8) is 0 Å². The third-order valence-corrected chi connectivity index (χ3v) is 1.75. The summed E-state index contributed by atoms with van der Waals surface area (Å²) in [4.78, 5) is 0. The summed E-state index contributed by atoms with van der Waals surface area (Å²) in [6, 6.07) is 1.91. The van der Waals surface area contributed by atoms with Gasteiger partial charge in [0.2, 0.25) is 0 Å². The molecular weight excluding hydrogens is 203 g/mol. The normalized spacial score (nSPS) is 14.1. The van der Waals surface area contributed by atoms with Gasteiger partial charge in [-0.05, 0) is 24.6 Å². The number of hydrogen-bond donors (Lipinski definition) is 0. The van der Waals surface area contributed by atoms with Gasteiger partial charge in [-0.3, -0.25) is 0 Å². The molecular formula is C9H7F5. The molecule has 1 aromatic carbocycles. The van der Waals surface area contributed by atoms with E-state index in [1.54, 1.807) is 0 Å². The Morgan fingerprint density at radius 3 is 2.21 bits per heavy atom. The third kappa shape index (κ3) is 2.21. The first kappa shape index (κ1) is 10.9. The lowest BCUT2D eigenvalue weighted by Crippen LogP contribution is -2.10. The quantitative estimate of drug-likeness (QED) is 0.617. The fourth-order valence-corrected chi connectivity index (χ4v) is 1.12. The van der Waals surface area contributed by atoms with Gasteiger partial charge in [-0.15, -0.1) is 0 Å². The van der Waals surface area contributed by atoms with Gasteiger partial charge in [0.15, 0.2) is 0 Å². The minimum absolute atomic E-state index is 0.297. The van der Waals surface area contributed by atoms with Crippen LogP contribution in [0, 0.1) is 5.82 Å². The number of rotatable bonds is 1. The molecule has 1 atom stereocenters. The summed E-state index contributed by atoms with van der Waals surface area (Å²) in [6.45, 7) is 0.975. The van der Waals surface area contributed by atoms with Crippen LogP contribution in [0.4, 0.5) is 22.0 Å². The molecule has 0 aliphatic carbocycles. The van der Waals surface area contributed by atoms with E-state index in [9.17, 15) is 22.0 Å². The molecule has 0 N–H and O–H groups in total. The number of alkyl halides is 4. The predicted octanol–water partition coefficient (Wildman–Crippen LogP) is 3.88. The van der Waals surface area contributed by atoms with Crippen LogP contribution in [0.2, 0.25) is 0 Å². The third-order valence-electron chi connectivity index (χ3n) is 1.75. The second-order valence-electron chi connectivity index (χ2n) is 2.85. The second kappa shape index (κ2) is 3.55. The molecule has 14 heavy (non-hydrogen) atoms. The SMILES string of the molecule is CC(F)c1ccc(F)cc1C(F)(F)F. The van der Waals surface area contributed by atoms with Crippen molar-refractivity contribution in [3.8, 4) is 0 Å². The van der Waals surface area contributed by atoms with Crippen LogP contribution >= 0.6 is 0 Å². The van der Waals surface area contributed by atoms with Crippen molar-refractivity contribution in [2.45, 2.75) is 19.3 Å². The van der Waals surface area contributed by atoms with Crippen molar-refractivity contribution in [2.24, 2.45) is 0 Å². The van der Waals surface area contributed by atoms with Crippen molar-refractivity contribution >= 4 is 0 Å². The van der Waals surface area contributed by atoms with E-state index in [1.807, 2.05) is 0 Å². The Balaban J connectivity index is 3.30. The van der Waals surface area contributed by atoms with Crippen LogP contribution in [0.3, 0.4) is 0 Å². The van der Waals surface area contributed by atoms with Gasteiger partial charge < -0.3 is 0 Å². The smallest absolute Gasteiger partial charge is 0.243 e. The Bertz CT molecular complexity index is 326. The average Bonchev–Trinajstić information content (AvgIpc) is 2.01. The van der Waals surface area contributed by atoms with Gasteiger partial charge in [-0.25, -0.2) is 8.78 Å². The lowest BCUT2D eigenvalue weighted by Gasteiger charge is -2.13. The predicted molar refractivity (Wildman–Crippen MR) is 40.9 cm³/mol. The number of halogens is 5. The Hall–Kier alpha value is -1.13. The minimum atomic E-state index is -4.72. The van der Waals surface area contributed by atoms with E-state index < -0.39 is 29.3 Å². The average molecular weight is 210 g/mol. The van der Waals surface area contributed by atoms with E-state index in [1.165, 1.54) is 0 Å². The molecule has 1 aromatic rings. The molecule has 0 spiro atoms. The first-order valence-corrected chi connectivity index (χ1v) is 3.83. The summed E-state index contributed by atoms with van der Waals surface area (Å²) in [5.41, 5.74) is -1.80. The molecule has 5 heteroatoms. The highest BCUT2D eigenvalue weighted by Gasteiger charge is 2.34. The molecule has 0 heterocycles. The molecule has 78 valence electrons. The largest absolute Gasteiger partial charge is 0.416 e. The maximum absolute atomic E-state index is 12.7. The first-order valence-electron chi connectivity index (χ1n) is 3.83. The molecule has 0 aromatic heterocycles. The highest BCUT2D eigenvalue weighted by Crippen LogP contribution is 2.35. The van der Waals surface area contributed by atoms with Gasteiger partial charge in [0.1, 0.15) is 12.0 Å². The highest BCUT2D eigenvalue weighted by atomic mass is 19.4. The second-order valence-corrected chi connectivity index (χ2v) is 2.85. The van der Waals surface area contributed by atoms with Crippen LogP contribution in [0.15, 0.2) is 18.2 Å². The number of benzene rings is 1. The highest BCUT2D eigenvalue weighted by molar-refractivity contribution is 5.31. The van der Waals surface area contributed by atoms with Gasteiger partial charge in [-0.2, -0.15) is 13.2 Å². The van der Waals surface area contributed by atoms with Crippen LogP contribution in [0.25, 0.3) is 0 Å². The van der Waals surface area contributed by atoms with Crippen molar-refractivity contribution in [1.29, 1.82) is 0 Å². The molecule has 1 rings (SSSR count). The van der Waals surface area contributed by atoms with Crippen molar-refractivity contribution in [1.82, 2.24) is 0 Å². The first-order chi connectivity index (χ1) is 6.32. The molecule has 0 aliphatic heterocycles. The summed E-state index contributed by atoms with van der Waals surface area (Å²) < 4.78 is 62.0. The van der Waals surface area contributed by atoms with Gasteiger partial charge in [0, 0.05) is 0 Å². The van der Waals surface area contributed by atoms with Gasteiger partial charge in [-0.1, -0.05) is 6.07 Å².